The molecule has 0 amide bonds. The van der Waals surface area contributed by atoms with Gasteiger partial charge in [0, 0.05) is 19.0 Å². The van der Waals surface area contributed by atoms with Crippen LogP contribution < -0.4 is 4.90 Å². The quantitative estimate of drug-likeness (QED) is 0.926. The Kier molecular flexibility index (Phi) is 4.84. The van der Waals surface area contributed by atoms with Gasteiger partial charge in [0.1, 0.15) is 0 Å². The molecule has 19 heavy (non-hydrogen) atoms. The Morgan fingerprint density at radius 1 is 1.26 bits per heavy atom. The first-order valence-corrected chi connectivity index (χ1v) is 6.75. The minimum Gasteiger partial charge on any atom is -0.391 e. The van der Waals surface area contributed by atoms with E-state index < -0.39 is 12.6 Å². The molecule has 1 heterocycles. The summed E-state index contributed by atoms with van der Waals surface area (Å²) in [6, 6.07) is 0. The maximum Gasteiger partial charge on any atom is 0.390 e. The standard InChI is InChI=1S/C12H19F3N2OS/c1-11(2,3)9-8(7-18)19-10(16-9)17(4)6-5-12(13,14)15/h18H,5-7H2,1-4H3. The first-order valence-electron chi connectivity index (χ1n) is 5.93. The number of aromatic nitrogens is 1. The Balaban J connectivity index is 2.87. The highest BCUT2D eigenvalue weighted by Gasteiger charge is 2.29. The Morgan fingerprint density at radius 2 is 1.84 bits per heavy atom. The van der Waals surface area contributed by atoms with Crippen LogP contribution in [0, 0.1) is 0 Å². The summed E-state index contributed by atoms with van der Waals surface area (Å²) < 4.78 is 36.6. The van der Waals surface area contributed by atoms with E-state index >= 15 is 0 Å². The zero-order valence-corrected chi connectivity index (χ0v) is 12.3. The second kappa shape index (κ2) is 5.66. The molecule has 0 aromatic carbocycles. The van der Waals surface area contributed by atoms with Gasteiger partial charge >= 0.3 is 6.18 Å². The molecular formula is C12H19F3N2OS. The molecule has 0 fully saturated rings. The SMILES string of the molecule is CN(CCC(F)(F)F)c1nc(C(C)(C)C)c(CO)s1. The number of halogens is 3. The molecule has 1 rings (SSSR count). The van der Waals surface area contributed by atoms with Crippen LogP contribution in [0.15, 0.2) is 0 Å². The zero-order valence-electron chi connectivity index (χ0n) is 11.5. The maximum atomic E-state index is 12.2. The average Bonchev–Trinajstić information content (AvgIpc) is 2.68. The fourth-order valence-electron chi connectivity index (χ4n) is 1.59. The van der Waals surface area contributed by atoms with Crippen molar-refractivity contribution < 1.29 is 18.3 Å². The summed E-state index contributed by atoms with van der Waals surface area (Å²) >= 11 is 1.24. The van der Waals surface area contributed by atoms with Gasteiger partial charge in [-0.05, 0) is 0 Å². The molecule has 0 aliphatic rings. The zero-order chi connectivity index (χ0) is 14.8. The van der Waals surface area contributed by atoms with E-state index in [1.165, 1.54) is 16.2 Å². The molecule has 1 N–H and O–H groups in total. The molecule has 0 atom stereocenters. The topological polar surface area (TPSA) is 36.4 Å². The van der Waals surface area contributed by atoms with Crippen LogP contribution in [0.3, 0.4) is 0 Å². The van der Waals surface area contributed by atoms with Crippen molar-refractivity contribution in [1.82, 2.24) is 4.98 Å². The third-order valence-corrected chi connectivity index (χ3v) is 3.75. The van der Waals surface area contributed by atoms with Gasteiger partial charge in [0.25, 0.3) is 0 Å². The normalized spacial score (nSPS) is 12.8. The second-order valence-electron chi connectivity index (χ2n) is 5.46. The van der Waals surface area contributed by atoms with Gasteiger partial charge in [-0.2, -0.15) is 13.2 Å². The van der Waals surface area contributed by atoms with Gasteiger partial charge in [0.2, 0.25) is 0 Å². The van der Waals surface area contributed by atoms with Gasteiger partial charge in [0.05, 0.1) is 23.6 Å². The van der Waals surface area contributed by atoms with E-state index in [-0.39, 0.29) is 18.6 Å². The molecule has 0 bridgehead atoms. The molecule has 110 valence electrons. The van der Waals surface area contributed by atoms with Crippen molar-refractivity contribution in [3.05, 3.63) is 10.6 Å². The van der Waals surface area contributed by atoms with E-state index in [0.29, 0.717) is 10.0 Å². The molecule has 0 spiro atoms. The van der Waals surface area contributed by atoms with E-state index in [1.54, 1.807) is 7.05 Å². The fourth-order valence-corrected chi connectivity index (χ4v) is 2.70. The van der Waals surface area contributed by atoms with Crippen molar-refractivity contribution >= 4 is 16.5 Å². The van der Waals surface area contributed by atoms with Crippen LogP contribution in [-0.2, 0) is 12.0 Å². The summed E-state index contributed by atoms with van der Waals surface area (Å²) in [5, 5.41) is 9.82. The number of nitrogens with zero attached hydrogens (tertiary/aromatic N) is 2. The van der Waals surface area contributed by atoms with E-state index in [4.69, 9.17) is 0 Å². The molecule has 0 saturated heterocycles. The van der Waals surface area contributed by atoms with Gasteiger partial charge in [0.15, 0.2) is 5.13 Å². The van der Waals surface area contributed by atoms with Crippen molar-refractivity contribution in [3.8, 4) is 0 Å². The number of aliphatic hydroxyl groups is 1. The van der Waals surface area contributed by atoms with E-state index in [0.717, 1.165) is 5.69 Å². The smallest absolute Gasteiger partial charge is 0.390 e. The van der Waals surface area contributed by atoms with Crippen molar-refractivity contribution in [2.75, 3.05) is 18.5 Å². The lowest BCUT2D eigenvalue weighted by Crippen LogP contribution is -2.24. The maximum absolute atomic E-state index is 12.2. The van der Waals surface area contributed by atoms with Crippen LogP contribution >= 0.6 is 11.3 Å². The summed E-state index contributed by atoms with van der Waals surface area (Å²) in [4.78, 5) is 6.56. The summed E-state index contributed by atoms with van der Waals surface area (Å²) in [5.74, 6) is 0. The predicted octanol–water partition coefficient (Wildman–Crippen LogP) is 3.32. The predicted molar refractivity (Wildman–Crippen MR) is 70.7 cm³/mol. The number of alkyl halides is 3. The van der Waals surface area contributed by atoms with Crippen LogP contribution in [0.4, 0.5) is 18.3 Å². The highest BCUT2D eigenvalue weighted by atomic mass is 32.1. The molecule has 7 heteroatoms. The van der Waals surface area contributed by atoms with Gasteiger partial charge < -0.3 is 10.0 Å². The highest BCUT2D eigenvalue weighted by molar-refractivity contribution is 7.15. The van der Waals surface area contributed by atoms with Crippen molar-refractivity contribution in [2.45, 2.75) is 45.4 Å². The number of hydrogen-bond donors (Lipinski definition) is 1. The number of hydrogen-bond acceptors (Lipinski definition) is 4. The summed E-state index contributed by atoms with van der Waals surface area (Å²) in [7, 11) is 1.58. The first kappa shape index (κ1) is 16.2. The van der Waals surface area contributed by atoms with Crippen LogP contribution in [-0.4, -0.2) is 29.9 Å². The lowest BCUT2D eigenvalue weighted by atomic mass is 9.91. The number of aliphatic hydroxyl groups excluding tert-OH is 1. The summed E-state index contributed by atoms with van der Waals surface area (Å²) in [6.07, 6.45) is -5.04. The number of thiazole rings is 1. The summed E-state index contributed by atoms with van der Waals surface area (Å²) in [5.41, 5.74) is 0.506. The Morgan fingerprint density at radius 3 is 2.21 bits per heavy atom. The Hall–Kier alpha value is -0.820. The van der Waals surface area contributed by atoms with Crippen molar-refractivity contribution in [2.24, 2.45) is 0 Å². The van der Waals surface area contributed by atoms with Gasteiger partial charge in [-0.1, -0.05) is 32.1 Å². The fraction of sp³-hybridized carbons (Fsp3) is 0.750. The van der Waals surface area contributed by atoms with Gasteiger partial charge in [-0.25, -0.2) is 4.98 Å². The largest absolute Gasteiger partial charge is 0.391 e. The monoisotopic (exact) mass is 296 g/mol. The van der Waals surface area contributed by atoms with Gasteiger partial charge in [-0.15, -0.1) is 0 Å². The van der Waals surface area contributed by atoms with Crippen LogP contribution in [0.1, 0.15) is 37.8 Å². The molecule has 1 aromatic heterocycles. The molecule has 1 aromatic rings. The van der Waals surface area contributed by atoms with Gasteiger partial charge in [-0.3, -0.25) is 0 Å². The average molecular weight is 296 g/mol. The lowest BCUT2D eigenvalue weighted by Gasteiger charge is -2.18. The van der Waals surface area contributed by atoms with E-state index in [2.05, 4.69) is 4.98 Å². The lowest BCUT2D eigenvalue weighted by molar-refractivity contribution is -0.132. The first-order chi connectivity index (χ1) is 8.54. The van der Waals surface area contributed by atoms with Crippen molar-refractivity contribution in [3.63, 3.8) is 0 Å². The molecule has 0 saturated carbocycles. The molecule has 0 aliphatic carbocycles. The highest BCUT2D eigenvalue weighted by Crippen LogP contribution is 2.34. The van der Waals surface area contributed by atoms with Crippen LogP contribution in [0.5, 0.6) is 0 Å². The van der Waals surface area contributed by atoms with Crippen LogP contribution in [0.25, 0.3) is 0 Å². The molecule has 0 aliphatic heterocycles. The molecular weight excluding hydrogens is 277 g/mol. The Labute approximate surface area is 115 Å². The number of anilines is 1. The minimum absolute atomic E-state index is 0.133. The summed E-state index contributed by atoms with van der Waals surface area (Å²) in [6.45, 7) is 5.60. The third-order valence-electron chi connectivity index (χ3n) is 2.60. The Bertz CT molecular complexity index is 424. The minimum atomic E-state index is -4.17. The van der Waals surface area contributed by atoms with E-state index in [9.17, 15) is 18.3 Å². The second-order valence-corrected chi connectivity index (χ2v) is 6.53. The third kappa shape index (κ3) is 4.65. The number of rotatable bonds is 4. The van der Waals surface area contributed by atoms with Crippen LogP contribution in [0.2, 0.25) is 0 Å². The molecule has 3 nitrogen and oxygen atoms in total. The van der Waals surface area contributed by atoms with Crippen molar-refractivity contribution in [1.29, 1.82) is 0 Å². The molecule has 0 radical (unpaired) electrons. The molecule has 0 unspecified atom stereocenters. The van der Waals surface area contributed by atoms with E-state index in [1.807, 2.05) is 20.8 Å².